The summed E-state index contributed by atoms with van der Waals surface area (Å²) in [6.07, 6.45) is 3.36. The number of hydrogen-bond acceptors (Lipinski definition) is 2. The minimum Gasteiger partial charge on any atom is -0.491 e. The molecule has 2 aliphatic rings. The van der Waals surface area contributed by atoms with Gasteiger partial charge in [0, 0.05) is 0 Å². The van der Waals surface area contributed by atoms with Crippen LogP contribution in [0.15, 0.2) is 12.1 Å². The summed E-state index contributed by atoms with van der Waals surface area (Å²) in [5.74, 6) is 1.01. The molecule has 15 heavy (non-hydrogen) atoms. The summed E-state index contributed by atoms with van der Waals surface area (Å²) in [5.41, 5.74) is 3.37. The van der Waals surface area contributed by atoms with Crippen molar-refractivity contribution in [3.8, 4) is 5.75 Å². The summed E-state index contributed by atoms with van der Waals surface area (Å²) < 4.78 is 5.68. The summed E-state index contributed by atoms with van der Waals surface area (Å²) in [6, 6.07) is 3.99. The molecule has 3 heteroatoms. The molecule has 1 aromatic rings. The third-order valence-electron chi connectivity index (χ3n) is 3.15. The second kappa shape index (κ2) is 3.34. The van der Waals surface area contributed by atoms with Crippen LogP contribution in [0.1, 0.15) is 27.9 Å². The van der Waals surface area contributed by atoms with Crippen molar-refractivity contribution in [2.45, 2.75) is 24.1 Å². The van der Waals surface area contributed by atoms with E-state index in [0.29, 0.717) is 6.61 Å². The Hall–Kier alpha value is -0.830. The lowest BCUT2D eigenvalue weighted by atomic mass is 9.98. The quantitative estimate of drug-likeness (QED) is 0.675. The topological polar surface area (TPSA) is 26.3 Å². The number of rotatable bonds is 0. The number of Topliss-reactive ketones (excluding diaryl/α,β-unsaturated/α-hetero) is 1. The van der Waals surface area contributed by atoms with Gasteiger partial charge in [0.1, 0.15) is 17.2 Å². The number of ether oxygens (including phenoxy) is 1. The van der Waals surface area contributed by atoms with Crippen LogP contribution >= 0.6 is 15.9 Å². The van der Waals surface area contributed by atoms with Crippen LogP contribution in [0, 0.1) is 0 Å². The summed E-state index contributed by atoms with van der Waals surface area (Å²) in [5, 5.41) is 0. The maximum absolute atomic E-state index is 11.9. The Morgan fingerprint density at radius 1 is 1.33 bits per heavy atom. The Morgan fingerprint density at radius 2 is 2.20 bits per heavy atom. The van der Waals surface area contributed by atoms with Gasteiger partial charge in [-0.3, -0.25) is 4.79 Å². The summed E-state index contributed by atoms with van der Waals surface area (Å²) in [7, 11) is 0. The van der Waals surface area contributed by atoms with Crippen molar-refractivity contribution < 1.29 is 9.53 Å². The van der Waals surface area contributed by atoms with Crippen LogP contribution < -0.4 is 4.74 Å². The molecule has 0 saturated heterocycles. The number of alkyl halides is 1. The van der Waals surface area contributed by atoms with E-state index in [2.05, 4.69) is 22.0 Å². The maximum atomic E-state index is 11.9. The summed E-state index contributed by atoms with van der Waals surface area (Å²) in [4.78, 5) is 11.7. The van der Waals surface area contributed by atoms with Crippen molar-refractivity contribution in [3.05, 3.63) is 28.8 Å². The molecule has 0 fully saturated rings. The first-order chi connectivity index (χ1) is 7.27. The fourth-order valence-corrected chi connectivity index (χ4v) is 2.77. The van der Waals surface area contributed by atoms with Crippen LogP contribution in [0.3, 0.4) is 0 Å². The van der Waals surface area contributed by atoms with Crippen molar-refractivity contribution in [3.63, 3.8) is 0 Å². The van der Waals surface area contributed by atoms with Crippen molar-refractivity contribution in [2.24, 2.45) is 0 Å². The van der Waals surface area contributed by atoms with Crippen LogP contribution in [0.25, 0.3) is 0 Å². The van der Waals surface area contributed by atoms with Gasteiger partial charge < -0.3 is 4.74 Å². The van der Waals surface area contributed by atoms with E-state index in [4.69, 9.17) is 4.74 Å². The van der Waals surface area contributed by atoms with Gasteiger partial charge in [-0.25, -0.2) is 0 Å². The van der Waals surface area contributed by atoms with Crippen LogP contribution in [0.2, 0.25) is 0 Å². The molecule has 0 spiro atoms. The highest BCUT2D eigenvalue weighted by Crippen LogP contribution is 2.37. The third kappa shape index (κ3) is 1.33. The van der Waals surface area contributed by atoms with E-state index in [-0.39, 0.29) is 10.6 Å². The van der Waals surface area contributed by atoms with Crippen molar-refractivity contribution in [1.29, 1.82) is 0 Å². The lowest BCUT2D eigenvalue weighted by Crippen LogP contribution is -2.28. The Labute approximate surface area is 96.8 Å². The zero-order valence-corrected chi connectivity index (χ0v) is 9.84. The van der Waals surface area contributed by atoms with E-state index >= 15 is 0 Å². The van der Waals surface area contributed by atoms with Gasteiger partial charge in [-0.2, -0.15) is 0 Å². The minimum atomic E-state index is -0.176. The molecule has 1 aliphatic carbocycles. The molecule has 0 amide bonds. The monoisotopic (exact) mass is 266 g/mol. The fourth-order valence-electron chi connectivity index (χ4n) is 2.39. The van der Waals surface area contributed by atoms with Crippen LogP contribution in [-0.2, 0) is 12.8 Å². The lowest BCUT2D eigenvalue weighted by Gasteiger charge is -2.22. The smallest absolute Gasteiger partial charge is 0.183 e. The van der Waals surface area contributed by atoms with E-state index in [1.165, 1.54) is 17.5 Å². The van der Waals surface area contributed by atoms with Crippen LogP contribution in [0.4, 0.5) is 0 Å². The first-order valence-corrected chi connectivity index (χ1v) is 6.15. The van der Waals surface area contributed by atoms with E-state index < -0.39 is 0 Å². The number of aryl methyl sites for hydroxylation is 1. The second-order valence-corrected chi connectivity index (χ2v) is 5.18. The molecule has 0 aromatic heterocycles. The average Bonchev–Trinajstić information content (AvgIpc) is 2.71. The molecule has 0 radical (unpaired) electrons. The number of benzene rings is 1. The van der Waals surface area contributed by atoms with Crippen LogP contribution in [-0.4, -0.2) is 17.2 Å². The number of fused-ring (bicyclic) bond motifs is 3. The number of hydrogen-bond donors (Lipinski definition) is 0. The molecule has 1 unspecified atom stereocenters. The molecule has 1 aromatic carbocycles. The predicted molar refractivity (Wildman–Crippen MR) is 61.0 cm³/mol. The Balaban J connectivity index is 2.17. The first kappa shape index (κ1) is 9.40. The largest absolute Gasteiger partial charge is 0.491 e. The molecule has 1 aliphatic heterocycles. The molecular formula is C12H11BrO2. The van der Waals surface area contributed by atoms with Crippen molar-refractivity contribution in [1.82, 2.24) is 0 Å². The Bertz CT molecular complexity index is 439. The van der Waals surface area contributed by atoms with Crippen LogP contribution in [0.5, 0.6) is 5.75 Å². The molecule has 0 bridgehead atoms. The normalized spacial score (nSPS) is 23.3. The van der Waals surface area contributed by atoms with Gasteiger partial charge in [0.2, 0.25) is 0 Å². The standard InChI is InChI=1S/C12H11BrO2/c13-10-6-15-12-8-3-1-2-7(8)4-5-9(12)11(10)14/h4-5,10H,1-3,6H2. The van der Waals surface area contributed by atoms with E-state index in [0.717, 1.165) is 24.2 Å². The lowest BCUT2D eigenvalue weighted by molar-refractivity contribution is 0.0945. The van der Waals surface area contributed by atoms with Gasteiger partial charge in [0.25, 0.3) is 0 Å². The minimum absolute atomic E-state index is 0.158. The highest BCUT2D eigenvalue weighted by Gasteiger charge is 2.30. The Morgan fingerprint density at radius 3 is 3.07 bits per heavy atom. The molecule has 0 N–H and O–H groups in total. The van der Waals surface area contributed by atoms with Gasteiger partial charge in [-0.15, -0.1) is 0 Å². The molecule has 3 rings (SSSR count). The van der Waals surface area contributed by atoms with Crippen molar-refractivity contribution in [2.75, 3.05) is 6.61 Å². The van der Waals surface area contributed by atoms with Gasteiger partial charge >= 0.3 is 0 Å². The van der Waals surface area contributed by atoms with E-state index in [1.54, 1.807) is 0 Å². The number of halogens is 1. The average molecular weight is 267 g/mol. The SMILES string of the molecule is O=C1c2ccc3c(c2OCC1Br)CCC3. The van der Waals surface area contributed by atoms with Gasteiger partial charge in [-0.1, -0.05) is 22.0 Å². The van der Waals surface area contributed by atoms with Crippen molar-refractivity contribution >= 4 is 21.7 Å². The Kier molecular flexibility index (Phi) is 2.09. The highest BCUT2D eigenvalue weighted by molar-refractivity contribution is 9.10. The summed E-state index contributed by atoms with van der Waals surface area (Å²) in [6.45, 7) is 0.461. The molecule has 1 heterocycles. The molecular weight excluding hydrogens is 256 g/mol. The maximum Gasteiger partial charge on any atom is 0.183 e. The highest BCUT2D eigenvalue weighted by atomic mass is 79.9. The third-order valence-corrected chi connectivity index (χ3v) is 3.83. The summed E-state index contributed by atoms with van der Waals surface area (Å²) >= 11 is 3.33. The predicted octanol–water partition coefficient (Wildman–Crippen LogP) is 2.51. The molecule has 1 atom stereocenters. The first-order valence-electron chi connectivity index (χ1n) is 5.23. The van der Waals surface area contributed by atoms with E-state index in [1.807, 2.05) is 6.07 Å². The molecule has 2 nitrogen and oxygen atoms in total. The van der Waals surface area contributed by atoms with Gasteiger partial charge in [0.05, 0.1) is 5.56 Å². The number of carbonyl (C=O) groups is 1. The fraction of sp³-hybridized carbons (Fsp3) is 0.417. The number of ketones is 1. The second-order valence-electron chi connectivity index (χ2n) is 4.08. The van der Waals surface area contributed by atoms with E-state index in [9.17, 15) is 4.79 Å². The molecule has 0 saturated carbocycles. The zero-order valence-electron chi connectivity index (χ0n) is 8.25. The zero-order chi connectivity index (χ0) is 10.4. The van der Waals surface area contributed by atoms with Gasteiger partial charge in [0.15, 0.2) is 5.78 Å². The van der Waals surface area contributed by atoms with Gasteiger partial charge in [-0.05, 0) is 36.5 Å². The number of carbonyl (C=O) groups excluding carboxylic acids is 1. The molecule has 78 valence electrons.